The lowest BCUT2D eigenvalue weighted by atomic mass is 10.7. The molecule has 10 heavy (non-hydrogen) atoms. The number of esters is 1. The van der Waals surface area contributed by atoms with Crippen molar-refractivity contribution >= 4 is 5.97 Å². The van der Waals surface area contributed by atoms with Crippen molar-refractivity contribution in [1.29, 1.82) is 0 Å². The molecular formula is C5H13NO4. The molecule has 0 fully saturated rings. The van der Waals surface area contributed by atoms with Crippen LogP contribution in [0.15, 0.2) is 0 Å². The van der Waals surface area contributed by atoms with Crippen LogP contribution in [0.4, 0.5) is 0 Å². The number of aliphatic hydroxyl groups excluding tert-OH is 2. The SMILES string of the molecule is COC(=O)CN.OCCO. The average Bonchev–Trinajstić information content (AvgIpc) is 2.03. The molecule has 62 valence electrons. The Kier molecular flexibility index (Phi) is 13.5. The summed E-state index contributed by atoms with van der Waals surface area (Å²) in [4.78, 5) is 9.83. The van der Waals surface area contributed by atoms with Gasteiger partial charge in [-0.05, 0) is 0 Å². The molecule has 0 aliphatic carbocycles. The predicted octanol–water partition coefficient (Wildman–Crippen LogP) is -1.91. The van der Waals surface area contributed by atoms with Gasteiger partial charge < -0.3 is 20.7 Å². The van der Waals surface area contributed by atoms with E-state index >= 15 is 0 Å². The second-order valence-electron chi connectivity index (χ2n) is 1.23. The van der Waals surface area contributed by atoms with Crippen molar-refractivity contribution in [1.82, 2.24) is 0 Å². The highest BCUT2D eigenvalue weighted by Gasteiger charge is 1.87. The van der Waals surface area contributed by atoms with Crippen LogP contribution in [0, 0.1) is 0 Å². The number of aliphatic hydroxyl groups is 2. The van der Waals surface area contributed by atoms with Crippen molar-refractivity contribution in [3.8, 4) is 0 Å². The fourth-order valence-electron chi connectivity index (χ4n) is 0.0833. The zero-order valence-corrected chi connectivity index (χ0v) is 5.91. The number of carbonyl (C=O) groups is 1. The maximum absolute atomic E-state index is 9.83. The van der Waals surface area contributed by atoms with E-state index in [-0.39, 0.29) is 25.7 Å². The summed E-state index contributed by atoms with van der Waals surface area (Å²) in [6.45, 7) is -0.281. The number of hydrogen-bond acceptors (Lipinski definition) is 5. The summed E-state index contributed by atoms with van der Waals surface area (Å²) in [5.41, 5.74) is 4.81. The summed E-state index contributed by atoms with van der Waals surface area (Å²) in [7, 11) is 1.30. The van der Waals surface area contributed by atoms with Gasteiger partial charge in [0.05, 0.1) is 26.9 Å². The molecular weight excluding hydrogens is 138 g/mol. The molecule has 0 saturated carbocycles. The summed E-state index contributed by atoms with van der Waals surface area (Å²) in [5, 5.41) is 15.2. The van der Waals surface area contributed by atoms with Crippen LogP contribution >= 0.6 is 0 Å². The minimum Gasteiger partial charge on any atom is -0.468 e. The van der Waals surface area contributed by atoms with E-state index in [1.165, 1.54) is 7.11 Å². The summed E-state index contributed by atoms with van der Waals surface area (Å²) < 4.78 is 4.14. The third-order valence-corrected chi connectivity index (χ3v) is 0.494. The van der Waals surface area contributed by atoms with Crippen LogP contribution in [0.3, 0.4) is 0 Å². The number of rotatable bonds is 2. The highest BCUT2D eigenvalue weighted by atomic mass is 16.5. The minimum absolute atomic E-state index is 0.0312. The van der Waals surface area contributed by atoms with Crippen LogP contribution < -0.4 is 5.73 Å². The van der Waals surface area contributed by atoms with Crippen molar-refractivity contribution in [2.45, 2.75) is 0 Å². The zero-order valence-electron chi connectivity index (χ0n) is 5.91. The normalized spacial score (nSPS) is 7.60. The van der Waals surface area contributed by atoms with E-state index in [1.54, 1.807) is 0 Å². The first kappa shape index (κ1) is 12.1. The molecule has 0 radical (unpaired) electrons. The fourth-order valence-corrected chi connectivity index (χ4v) is 0.0833. The fraction of sp³-hybridized carbons (Fsp3) is 0.800. The molecule has 0 amide bonds. The van der Waals surface area contributed by atoms with Crippen LogP contribution in [0.5, 0.6) is 0 Å². The molecule has 0 spiro atoms. The summed E-state index contributed by atoms with van der Waals surface area (Å²) in [6, 6.07) is 0. The van der Waals surface area contributed by atoms with E-state index in [1.807, 2.05) is 0 Å². The van der Waals surface area contributed by atoms with Crippen LogP contribution in [0.25, 0.3) is 0 Å². The van der Waals surface area contributed by atoms with Gasteiger partial charge in [-0.2, -0.15) is 0 Å². The van der Waals surface area contributed by atoms with Crippen molar-refractivity contribution in [2.24, 2.45) is 5.73 Å². The van der Waals surface area contributed by atoms with Gasteiger partial charge in [0.15, 0.2) is 0 Å². The van der Waals surface area contributed by atoms with E-state index < -0.39 is 0 Å². The molecule has 0 aromatic rings. The third-order valence-electron chi connectivity index (χ3n) is 0.494. The Morgan fingerprint density at radius 2 is 1.90 bits per heavy atom. The number of ether oxygens (including phenoxy) is 1. The molecule has 0 aromatic heterocycles. The van der Waals surface area contributed by atoms with Crippen molar-refractivity contribution in [3.63, 3.8) is 0 Å². The Balaban J connectivity index is 0. The molecule has 0 aliphatic rings. The number of methoxy groups -OCH3 is 1. The topological polar surface area (TPSA) is 92.8 Å². The van der Waals surface area contributed by atoms with Crippen LogP contribution in [0.1, 0.15) is 0 Å². The third kappa shape index (κ3) is 15.7. The zero-order chi connectivity index (χ0) is 8.41. The summed E-state index contributed by atoms with van der Waals surface area (Å²) in [5.74, 6) is -0.380. The molecule has 5 nitrogen and oxygen atoms in total. The Morgan fingerprint density at radius 3 is 1.90 bits per heavy atom. The minimum atomic E-state index is -0.380. The molecule has 0 bridgehead atoms. The highest BCUT2D eigenvalue weighted by molar-refractivity contribution is 5.70. The van der Waals surface area contributed by atoms with Crippen molar-refractivity contribution in [2.75, 3.05) is 26.9 Å². The van der Waals surface area contributed by atoms with Crippen molar-refractivity contribution in [3.05, 3.63) is 0 Å². The molecule has 0 saturated heterocycles. The van der Waals surface area contributed by atoms with Gasteiger partial charge in [0, 0.05) is 0 Å². The van der Waals surface area contributed by atoms with E-state index in [9.17, 15) is 4.79 Å². The summed E-state index contributed by atoms with van der Waals surface area (Å²) >= 11 is 0. The van der Waals surface area contributed by atoms with Gasteiger partial charge in [-0.25, -0.2) is 0 Å². The smallest absolute Gasteiger partial charge is 0.319 e. The monoisotopic (exact) mass is 151 g/mol. The molecule has 0 aromatic carbocycles. The molecule has 0 atom stereocenters. The van der Waals surface area contributed by atoms with E-state index in [0.29, 0.717) is 0 Å². The van der Waals surface area contributed by atoms with Gasteiger partial charge in [-0.3, -0.25) is 4.79 Å². The Morgan fingerprint density at radius 1 is 1.50 bits per heavy atom. The predicted molar refractivity (Wildman–Crippen MR) is 35.2 cm³/mol. The first-order chi connectivity index (χ1) is 4.72. The van der Waals surface area contributed by atoms with Crippen LogP contribution in [-0.2, 0) is 9.53 Å². The first-order valence-corrected chi connectivity index (χ1v) is 2.71. The van der Waals surface area contributed by atoms with Gasteiger partial charge in [-0.15, -0.1) is 0 Å². The van der Waals surface area contributed by atoms with Gasteiger partial charge in [0.1, 0.15) is 0 Å². The van der Waals surface area contributed by atoms with Crippen molar-refractivity contribution < 1.29 is 19.7 Å². The van der Waals surface area contributed by atoms with E-state index in [0.717, 1.165) is 0 Å². The van der Waals surface area contributed by atoms with Crippen LogP contribution in [0.2, 0.25) is 0 Å². The second kappa shape index (κ2) is 11.2. The molecule has 0 aliphatic heterocycles. The second-order valence-corrected chi connectivity index (χ2v) is 1.23. The van der Waals surface area contributed by atoms with Crippen LogP contribution in [-0.4, -0.2) is 43.1 Å². The number of nitrogens with two attached hydrogens (primary N) is 1. The maximum Gasteiger partial charge on any atom is 0.319 e. The Labute approximate surface area is 59.4 Å². The van der Waals surface area contributed by atoms with Gasteiger partial charge in [0.2, 0.25) is 0 Å². The van der Waals surface area contributed by atoms with Gasteiger partial charge >= 0.3 is 5.97 Å². The standard InChI is InChI=1S/C3H7NO2.C2H6O2/c1-6-3(5)2-4;3-1-2-4/h2,4H2,1H3;3-4H,1-2H2. The Bertz CT molecular complexity index is 68.0. The lowest BCUT2D eigenvalue weighted by Gasteiger charge is -1.87. The molecule has 5 heteroatoms. The quantitative estimate of drug-likeness (QED) is 0.400. The summed E-state index contributed by atoms with van der Waals surface area (Å²) in [6.07, 6.45) is 0. The van der Waals surface area contributed by atoms with E-state index in [4.69, 9.17) is 15.9 Å². The average molecular weight is 151 g/mol. The van der Waals surface area contributed by atoms with E-state index in [2.05, 4.69) is 4.74 Å². The number of hydrogen-bond donors (Lipinski definition) is 3. The van der Waals surface area contributed by atoms with Gasteiger partial charge in [-0.1, -0.05) is 0 Å². The maximum atomic E-state index is 9.83. The molecule has 0 rings (SSSR count). The largest absolute Gasteiger partial charge is 0.468 e. The number of carbonyl (C=O) groups excluding carboxylic acids is 1. The molecule has 0 unspecified atom stereocenters. The lowest BCUT2D eigenvalue weighted by molar-refractivity contribution is -0.138. The molecule has 4 N–H and O–H groups in total. The van der Waals surface area contributed by atoms with Gasteiger partial charge in [0.25, 0.3) is 0 Å². The highest BCUT2D eigenvalue weighted by Crippen LogP contribution is 1.61. The lowest BCUT2D eigenvalue weighted by Crippen LogP contribution is -2.14. The first-order valence-electron chi connectivity index (χ1n) is 2.71. The molecule has 0 heterocycles. The Hall–Kier alpha value is -0.650.